The van der Waals surface area contributed by atoms with Crippen LogP contribution >= 0.6 is 0 Å². The zero-order valence-electron chi connectivity index (χ0n) is 43.5. The lowest BCUT2D eigenvalue weighted by molar-refractivity contribution is 0.903. The van der Waals surface area contributed by atoms with Crippen LogP contribution in [-0.4, -0.2) is 28.7 Å². The van der Waals surface area contributed by atoms with Crippen molar-refractivity contribution < 1.29 is 0 Å². The SMILES string of the molecule is Cc1cc(C)c(-n2ccnc2-c2ccc(CCc3cc(CCc4ccc(-c5nccn5-c5c(C)cc(C)cc5C)cc4)cc(CCc4ccc(-c5nccn5-c5c(C)cc(C)cc5C)cc4)c3)cc2)c(C)c1. The Balaban J connectivity index is 0.867. The van der Waals surface area contributed by atoms with Gasteiger partial charge < -0.3 is 0 Å². The lowest BCUT2D eigenvalue weighted by Crippen LogP contribution is -2.03. The van der Waals surface area contributed by atoms with Crippen LogP contribution in [0.1, 0.15) is 83.5 Å². The molecule has 0 unspecified atom stereocenters. The van der Waals surface area contributed by atoms with E-state index < -0.39 is 0 Å². The maximum absolute atomic E-state index is 4.82. The number of imidazole rings is 3. The van der Waals surface area contributed by atoms with Gasteiger partial charge in [0.2, 0.25) is 0 Å². The predicted octanol–water partition coefficient (Wildman–Crippen LogP) is 15.4. The molecule has 6 heteroatoms. The van der Waals surface area contributed by atoms with Crippen molar-refractivity contribution in [2.24, 2.45) is 0 Å². The summed E-state index contributed by atoms with van der Waals surface area (Å²) in [6.07, 6.45) is 17.8. The molecule has 0 atom stereocenters. The first kappa shape index (κ1) is 47.8. The molecule has 3 aromatic heterocycles. The van der Waals surface area contributed by atoms with Gasteiger partial charge in [0, 0.05) is 53.9 Å². The van der Waals surface area contributed by atoms with Gasteiger partial charge in [0.05, 0.1) is 17.1 Å². The summed E-state index contributed by atoms with van der Waals surface area (Å²) >= 11 is 0. The van der Waals surface area contributed by atoms with Gasteiger partial charge in [-0.2, -0.15) is 0 Å². The van der Waals surface area contributed by atoms with Crippen molar-refractivity contribution in [2.75, 3.05) is 0 Å². The highest BCUT2D eigenvalue weighted by atomic mass is 15.1. The minimum absolute atomic E-state index is 0.964. The molecule has 0 aliphatic rings. The number of aryl methyl sites for hydroxylation is 15. The molecule has 0 radical (unpaired) electrons. The second kappa shape index (κ2) is 20.5. The monoisotopic (exact) mass is 943 g/mol. The third-order valence-corrected chi connectivity index (χ3v) is 14.4. The fraction of sp³-hybridized carbons (Fsp3) is 0.227. The summed E-state index contributed by atoms with van der Waals surface area (Å²) in [7, 11) is 0. The van der Waals surface area contributed by atoms with Crippen LogP contribution in [0.4, 0.5) is 0 Å². The third kappa shape index (κ3) is 10.2. The molecule has 0 aliphatic heterocycles. The van der Waals surface area contributed by atoms with E-state index in [-0.39, 0.29) is 0 Å². The molecular weight excluding hydrogens is 877 g/mol. The molecule has 0 amide bonds. The molecular formula is C66H66N6. The Hall–Kier alpha value is -7.83. The van der Waals surface area contributed by atoms with Gasteiger partial charge in [-0.25, -0.2) is 15.0 Å². The van der Waals surface area contributed by atoms with Gasteiger partial charge in [0.15, 0.2) is 0 Å². The van der Waals surface area contributed by atoms with Gasteiger partial charge >= 0.3 is 0 Å². The van der Waals surface area contributed by atoms with Crippen LogP contribution in [0.15, 0.2) is 165 Å². The summed E-state index contributed by atoms with van der Waals surface area (Å²) in [5.74, 6) is 2.90. The van der Waals surface area contributed by atoms with Crippen LogP contribution < -0.4 is 0 Å². The second-order valence-electron chi connectivity index (χ2n) is 20.4. The molecule has 0 saturated heterocycles. The molecule has 7 aromatic carbocycles. The summed E-state index contributed by atoms with van der Waals surface area (Å²) in [6, 6.07) is 48.0. The van der Waals surface area contributed by atoms with Gasteiger partial charge in [-0.1, -0.05) is 144 Å². The lowest BCUT2D eigenvalue weighted by Gasteiger charge is -2.15. The Kier molecular flexibility index (Phi) is 13.6. The first-order chi connectivity index (χ1) is 34.8. The van der Waals surface area contributed by atoms with Crippen molar-refractivity contribution >= 4 is 0 Å². The molecule has 10 aromatic rings. The highest BCUT2D eigenvalue weighted by Crippen LogP contribution is 2.31. The third-order valence-electron chi connectivity index (χ3n) is 14.4. The molecule has 0 saturated carbocycles. The highest BCUT2D eigenvalue weighted by molar-refractivity contribution is 5.65. The number of rotatable bonds is 15. The zero-order valence-corrected chi connectivity index (χ0v) is 43.5. The molecule has 3 heterocycles. The maximum atomic E-state index is 4.82. The largest absolute Gasteiger partial charge is 0.299 e. The van der Waals surface area contributed by atoms with E-state index in [1.807, 2.05) is 18.6 Å². The van der Waals surface area contributed by atoms with E-state index in [0.717, 1.165) is 72.7 Å². The van der Waals surface area contributed by atoms with E-state index in [0.29, 0.717) is 0 Å². The summed E-state index contributed by atoms with van der Waals surface area (Å²) in [6.45, 7) is 19.6. The number of hydrogen-bond acceptors (Lipinski definition) is 3. The quantitative estimate of drug-likeness (QED) is 0.103. The smallest absolute Gasteiger partial charge is 0.144 e. The maximum Gasteiger partial charge on any atom is 0.144 e. The van der Waals surface area contributed by atoms with Crippen LogP contribution in [0.3, 0.4) is 0 Å². The molecule has 10 rings (SSSR count). The van der Waals surface area contributed by atoms with Gasteiger partial charge in [0.25, 0.3) is 0 Å². The Labute approximate surface area is 426 Å². The zero-order chi connectivity index (χ0) is 50.0. The van der Waals surface area contributed by atoms with Crippen molar-refractivity contribution in [3.8, 4) is 51.2 Å². The first-order valence-corrected chi connectivity index (χ1v) is 25.6. The van der Waals surface area contributed by atoms with Crippen molar-refractivity contribution in [2.45, 2.75) is 101 Å². The van der Waals surface area contributed by atoms with Gasteiger partial charge in [0.1, 0.15) is 17.5 Å². The van der Waals surface area contributed by atoms with Crippen LogP contribution in [0.2, 0.25) is 0 Å². The van der Waals surface area contributed by atoms with E-state index in [1.165, 1.54) is 101 Å². The summed E-state index contributed by atoms with van der Waals surface area (Å²) in [5.41, 5.74) is 26.5. The Morgan fingerprint density at radius 2 is 0.500 bits per heavy atom. The highest BCUT2D eigenvalue weighted by Gasteiger charge is 2.17. The normalized spacial score (nSPS) is 11.5. The van der Waals surface area contributed by atoms with Gasteiger partial charge in [-0.15, -0.1) is 0 Å². The number of nitrogens with zero attached hydrogens (tertiary/aromatic N) is 6. The fourth-order valence-corrected chi connectivity index (χ4v) is 11.3. The van der Waals surface area contributed by atoms with E-state index in [1.54, 1.807) is 0 Å². The summed E-state index contributed by atoms with van der Waals surface area (Å²) in [5, 5.41) is 0. The van der Waals surface area contributed by atoms with E-state index in [2.05, 4.69) is 222 Å². The topological polar surface area (TPSA) is 53.5 Å². The molecule has 0 bridgehead atoms. The van der Waals surface area contributed by atoms with Gasteiger partial charge in [-0.05, 0) is 168 Å². The van der Waals surface area contributed by atoms with Crippen LogP contribution in [0.5, 0.6) is 0 Å². The standard InChI is InChI=1S/C66H66N6/c1-43-34-46(4)61(47(5)35-43)70-31-28-67-64(70)58-22-16-52(17-23-58)10-13-55-40-56(14-11-53-18-24-59(25-19-53)65-68-29-32-71(65)62-48(6)36-44(2)37-49(62)7)42-57(41-55)15-12-54-20-26-60(27-21-54)66-69-30-33-72(66)63-50(8)38-45(3)39-51(63)9/h16-42H,10-15H2,1-9H3. The van der Waals surface area contributed by atoms with Crippen LogP contribution in [0.25, 0.3) is 51.2 Å². The minimum atomic E-state index is 0.964. The Bertz CT molecular complexity index is 3090. The van der Waals surface area contributed by atoms with E-state index in [4.69, 9.17) is 15.0 Å². The molecule has 0 fully saturated rings. The van der Waals surface area contributed by atoms with Crippen LogP contribution in [-0.2, 0) is 38.5 Å². The number of benzene rings is 7. The summed E-state index contributed by atoms with van der Waals surface area (Å²) < 4.78 is 6.71. The molecule has 360 valence electrons. The number of hydrogen-bond donors (Lipinski definition) is 0. The lowest BCUT2D eigenvalue weighted by atomic mass is 9.94. The predicted molar refractivity (Wildman–Crippen MR) is 298 cm³/mol. The van der Waals surface area contributed by atoms with Crippen molar-refractivity contribution in [3.63, 3.8) is 0 Å². The van der Waals surface area contributed by atoms with E-state index in [9.17, 15) is 0 Å². The van der Waals surface area contributed by atoms with Crippen LogP contribution in [0, 0.1) is 62.3 Å². The minimum Gasteiger partial charge on any atom is -0.299 e. The molecule has 0 N–H and O–H groups in total. The van der Waals surface area contributed by atoms with Crippen molar-refractivity contribution in [1.82, 2.24) is 28.7 Å². The molecule has 72 heavy (non-hydrogen) atoms. The first-order valence-electron chi connectivity index (χ1n) is 25.6. The van der Waals surface area contributed by atoms with Crippen molar-refractivity contribution in [3.05, 3.63) is 248 Å². The molecule has 0 aliphatic carbocycles. The van der Waals surface area contributed by atoms with E-state index >= 15 is 0 Å². The second-order valence-corrected chi connectivity index (χ2v) is 20.4. The Morgan fingerprint density at radius 1 is 0.278 bits per heavy atom. The fourth-order valence-electron chi connectivity index (χ4n) is 11.3. The average Bonchev–Trinajstić information content (AvgIpc) is 4.15. The van der Waals surface area contributed by atoms with Crippen molar-refractivity contribution in [1.29, 1.82) is 0 Å². The Morgan fingerprint density at radius 3 is 0.736 bits per heavy atom. The van der Waals surface area contributed by atoms with Gasteiger partial charge in [-0.3, -0.25) is 13.7 Å². The summed E-state index contributed by atoms with van der Waals surface area (Å²) in [4.78, 5) is 14.5. The molecule has 0 spiro atoms. The number of aromatic nitrogens is 6. The molecule has 6 nitrogen and oxygen atoms in total. The average molecular weight is 943 g/mol.